The van der Waals surface area contributed by atoms with Crippen LogP contribution in [0.1, 0.15) is 16.1 Å². The molecule has 0 unspecified atom stereocenters. The number of methoxy groups -OCH3 is 1. The fourth-order valence-electron chi connectivity index (χ4n) is 2.65. The Kier molecular flexibility index (Phi) is 3.78. The van der Waals surface area contributed by atoms with Crippen LogP contribution in [-0.4, -0.2) is 71.5 Å². The summed E-state index contributed by atoms with van der Waals surface area (Å²) in [6.07, 6.45) is 1.21. The van der Waals surface area contributed by atoms with Gasteiger partial charge in [0.1, 0.15) is 0 Å². The number of carbonyl (C=O) groups is 2. The summed E-state index contributed by atoms with van der Waals surface area (Å²) in [6.45, 7) is 3.74. The molecule has 21 heavy (non-hydrogen) atoms. The second kappa shape index (κ2) is 5.72. The number of morpholine rings is 1. The largest absolute Gasteiger partial charge is 0.453 e. The second-order valence-corrected chi connectivity index (χ2v) is 5.02. The zero-order valence-electron chi connectivity index (χ0n) is 11.9. The van der Waals surface area contributed by atoms with E-state index in [1.54, 1.807) is 20.7 Å². The van der Waals surface area contributed by atoms with E-state index in [0.29, 0.717) is 51.5 Å². The van der Waals surface area contributed by atoms with Gasteiger partial charge in [-0.25, -0.2) is 4.79 Å². The summed E-state index contributed by atoms with van der Waals surface area (Å²) in [6, 6.07) is 0. The summed E-state index contributed by atoms with van der Waals surface area (Å²) in [7, 11) is 1.36. The van der Waals surface area contributed by atoms with Crippen molar-refractivity contribution in [3.8, 4) is 0 Å². The van der Waals surface area contributed by atoms with Crippen LogP contribution >= 0.6 is 0 Å². The number of hydrogen-bond donors (Lipinski definition) is 0. The van der Waals surface area contributed by atoms with Gasteiger partial charge in [0.05, 0.1) is 50.9 Å². The van der Waals surface area contributed by atoms with Crippen LogP contribution in [0.15, 0.2) is 6.20 Å². The number of ether oxygens (including phenoxy) is 2. The fourth-order valence-corrected chi connectivity index (χ4v) is 2.65. The van der Waals surface area contributed by atoms with Gasteiger partial charge in [0, 0.05) is 19.6 Å². The van der Waals surface area contributed by atoms with E-state index >= 15 is 0 Å². The van der Waals surface area contributed by atoms with E-state index in [0.717, 1.165) is 5.69 Å². The third kappa shape index (κ3) is 2.58. The average molecular weight is 294 g/mol. The molecule has 3 rings (SSSR count). The van der Waals surface area contributed by atoms with Crippen LogP contribution in [0.25, 0.3) is 0 Å². The van der Waals surface area contributed by atoms with E-state index < -0.39 is 0 Å². The van der Waals surface area contributed by atoms with E-state index in [9.17, 15) is 9.59 Å². The Morgan fingerprint density at radius 3 is 2.67 bits per heavy atom. The molecule has 2 aliphatic heterocycles. The van der Waals surface area contributed by atoms with Crippen molar-refractivity contribution in [3.63, 3.8) is 0 Å². The molecule has 0 saturated carbocycles. The van der Waals surface area contributed by atoms with Gasteiger partial charge >= 0.3 is 6.09 Å². The smallest absolute Gasteiger partial charge is 0.409 e. The van der Waals surface area contributed by atoms with Crippen LogP contribution < -0.4 is 0 Å². The third-order valence-electron chi connectivity index (χ3n) is 3.83. The van der Waals surface area contributed by atoms with Gasteiger partial charge in [-0.1, -0.05) is 0 Å². The van der Waals surface area contributed by atoms with Gasteiger partial charge in [-0.05, 0) is 0 Å². The van der Waals surface area contributed by atoms with Crippen molar-refractivity contribution in [2.45, 2.75) is 13.1 Å². The van der Waals surface area contributed by atoms with E-state index in [1.807, 2.05) is 0 Å². The van der Waals surface area contributed by atoms with Gasteiger partial charge in [0.15, 0.2) is 0 Å². The van der Waals surface area contributed by atoms with Crippen LogP contribution in [0.5, 0.6) is 0 Å². The minimum absolute atomic E-state index is 0.0498. The van der Waals surface area contributed by atoms with Crippen molar-refractivity contribution < 1.29 is 19.1 Å². The number of rotatable bonds is 1. The molecule has 8 heteroatoms. The lowest BCUT2D eigenvalue weighted by molar-refractivity contribution is 0.0300. The molecule has 0 aliphatic carbocycles. The molecule has 0 bridgehead atoms. The van der Waals surface area contributed by atoms with Crippen LogP contribution in [0.2, 0.25) is 0 Å². The zero-order chi connectivity index (χ0) is 14.8. The summed E-state index contributed by atoms with van der Waals surface area (Å²) >= 11 is 0. The van der Waals surface area contributed by atoms with Gasteiger partial charge < -0.3 is 19.3 Å². The van der Waals surface area contributed by atoms with Crippen LogP contribution in [-0.2, 0) is 22.6 Å². The number of hydrogen-bond acceptors (Lipinski definition) is 5. The van der Waals surface area contributed by atoms with Crippen LogP contribution in [0, 0.1) is 0 Å². The molecule has 0 aromatic carbocycles. The second-order valence-electron chi connectivity index (χ2n) is 5.02. The topological polar surface area (TPSA) is 76.9 Å². The van der Waals surface area contributed by atoms with Crippen molar-refractivity contribution >= 4 is 12.0 Å². The predicted octanol–water partition coefficient (Wildman–Crippen LogP) is -0.0625. The molecule has 0 N–H and O–H groups in total. The Morgan fingerprint density at radius 2 is 1.95 bits per heavy atom. The highest BCUT2D eigenvalue weighted by Gasteiger charge is 2.29. The first-order valence-corrected chi connectivity index (χ1v) is 6.95. The van der Waals surface area contributed by atoms with Gasteiger partial charge in [0.2, 0.25) is 0 Å². The van der Waals surface area contributed by atoms with Crippen molar-refractivity contribution in [2.24, 2.45) is 0 Å². The van der Waals surface area contributed by atoms with E-state index in [1.165, 1.54) is 7.11 Å². The molecule has 0 atom stereocenters. The Labute approximate surface area is 122 Å². The van der Waals surface area contributed by atoms with Gasteiger partial charge in [-0.2, -0.15) is 5.10 Å². The quantitative estimate of drug-likeness (QED) is 0.725. The lowest BCUT2D eigenvalue weighted by Crippen LogP contribution is -2.42. The van der Waals surface area contributed by atoms with E-state index in [-0.39, 0.29) is 12.0 Å². The summed E-state index contributed by atoms with van der Waals surface area (Å²) in [4.78, 5) is 27.5. The first kappa shape index (κ1) is 13.9. The minimum atomic E-state index is -0.382. The normalized spacial score (nSPS) is 18.3. The van der Waals surface area contributed by atoms with E-state index in [2.05, 4.69) is 5.10 Å². The van der Waals surface area contributed by atoms with Crippen LogP contribution in [0.4, 0.5) is 4.79 Å². The summed E-state index contributed by atoms with van der Waals surface area (Å²) < 4.78 is 11.8. The number of aromatic nitrogens is 2. The summed E-state index contributed by atoms with van der Waals surface area (Å²) in [5, 5.41) is 4.25. The lowest BCUT2D eigenvalue weighted by atomic mass is 10.1. The number of fused-ring (bicyclic) bond motifs is 1. The Morgan fingerprint density at radius 1 is 1.19 bits per heavy atom. The minimum Gasteiger partial charge on any atom is -0.453 e. The average Bonchev–Trinajstić information content (AvgIpc) is 2.97. The lowest BCUT2D eigenvalue weighted by Gasteiger charge is -2.29. The van der Waals surface area contributed by atoms with Gasteiger partial charge in [-0.3, -0.25) is 9.48 Å². The maximum Gasteiger partial charge on any atom is 0.409 e. The summed E-state index contributed by atoms with van der Waals surface area (Å²) in [5.41, 5.74) is 1.33. The highest BCUT2D eigenvalue weighted by atomic mass is 16.5. The Bertz CT molecular complexity index is 550. The first-order chi connectivity index (χ1) is 10.2. The van der Waals surface area contributed by atoms with Gasteiger partial charge in [-0.15, -0.1) is 0 Å². The molecule has 3 heterocycles. The molecule has 114 valence electrons. The molecule has 0 radical (unpaired) electrons. The molecule has 0 spiro atoms. The highest BCUT2D eigenvalue weighted by molar-refractivity contribution is 5.95. The predicted molar refractivity (Wildman–Crippen MR) is 71.8 cm³/mol. The Balaban J connectivity index is 1.80. The van der Waals surface area contributed by atoms with E-state index in [4.69, 9.17) is 9.47 Å². The Hall–Kier alpha value is -2.09. The molecule has 1 aromatic rings. The number of carbonyl (C=O) groups excluding carboxylic acids is 2. The molecule has 1 fully saturated rings. The molecule has 8 nitrogen and oxygen atoms in total. The molecular weight excluding hydrogens is 276 g/mol. The molecule has 2 aliphatic rings. The van der Waals surface area contributed by atoms with Crippen molar-refractivity contribution in [2.75, 3.05) is 40.0 Å². The molecular formula is C13H18N4O4. The van der Waals surface area contributed by atoms with Gasteiger partial charge in [0.25, 0.3) is 5.91 Å². The van der Waals surface area contributed by atoms with Crippen molar-refractivity contribution in [1.29, 1.82) is 0 Å². The maximum atomic E-state index is 12.6. The zero-order valence-corrected chi connectivity index (χ0v) is 11.9. The maximum absolute atomic E-state index is 12.6. The standard InChI is InChI=1S/C13H18N4O4/c1-20-13(19)16-2-3-17-11(9-16)10(8-14-17)12(18)15-4-6-21-7-5-15/h8H,2-7,9H2,1H3. The summed E-state index contributed by atoms with van der Waals surface area (Å²) in [5.74, 6) is -0.0498. The SMILES string of the molecule is COC(=O)N1CCn2ncc(C(=O)N3CCOCC3)c2C1. The number of amides is 2. The third-order valence-corrected chi connectivity index (χ3v) is 3.83. The molecule has 1 aromatic heterocycles. The monoisotopic (exact) mass is 294 g/mol. The molecule has 2 amide bonds. The highest BCUT2D eigenvalue weighted by Crippen LogP contribution is 2.19. The van der Waals surface area contributed by atoms with Crippen molar-refractivity contribution in [3.05, 3.63) is 17.5 Å². The van der Waals surface area contributed by atoms with Crippen LogP contribution in [0.3, 0.4) is 0 Å². The first-order valence-electron chi connectivity index (χ1n) is 6.95. The fraction of sp³-hybridized carbons (Fsp3) is 0.615. The number of nitrogens with zero attached hydrogens (tertiary/aromatic N) is 4. The van der Waals surface area contributed by atoms with Crippen molar-refractivity contribution in [1.82, 2.24) is 19.6 Å². The molecule has 1 saturated heterocycles.